The van der Waals surface area contributed by atoms with Gasteiger partial charge in [0.1, 0.15) is 0 Å². The minimum absolute atomic E-state index is 0.156. The number of hydrogen-bond donors (Lipinski definition) is 2. The Labute approximate surface area is 68.9 Å². The molecule has 0 atom stereocenters. The van der Waals surface area contributed by atoms with Gasteiger partial charge in [-0.3, -0.25) is 14.6 Å². The first-order valence-corrected chi connectivity index (χ1v) is 3.60. The summed E-state index contributed by atoms with van der Waals surface area (Å²) in [6.45, 7) is 1.70. The maximum absolute atomic E-state index is 11.1. The number of carbonyl (C=O) groups is 1. The molecule has 0 bridgehead atoms. The summed E-state index contributed by atoms with van der Waals surface area (Å²) in [6, 6.07) is 2.42. The molecule has 0 aromatic carbocycles. The summed E-state index contributed by atoms with van der Waals surface area (Å²) in [6.07, 6.45) is 0.322. The topological polar surface area (TPSA) is 70.2 Å². The summed E-state index contributed by atoms with van der Waals surface area (Å²) in [5, 5.41) is 8.93. The zero-order valence-electron chi connectivity index (χ0n) is 6.63. The third-order valence-electron chi connectivity index (χ3n) is 1.47. The average Bonchev–Trinajstić information content (AvgIpc) is 2.01. The van der Waals surface area contributed by atoms with Crippen LogP contribution in [0.1, 0.15) is 23.7 Å². The van der Waals surface area contributed by atoms with Crippen molar-refractivity contribution in [2.45, 2.75) is 13.3 Å². The fraction of sp³-hybridized carbons (Fsp3) is 0.250. The van der Waals surface area contributed by atoms with Crippen molar-refractivity contribution >= 4 is 5.78 Å². The number of ketones is 1. The fourth-order valence-electron chi connectivity index (χ4n) is 0.894. The molecule has 0 radical (unpaired) electrons. The highest BCUT2D eigenvalue weighted by Gasteiger charge is 2.04. The van der Waals surface area contributed by atoms with Crippen LogP contribution < -0.4 is 5.56 Å². The molecule has 0 aliphatic rings. The highest BCUT2D eigenvalue weighted by molar-refractivity contribution is 5.95. The molecular weight excluding hydrogens is 158 g/mol. The highest BCUT2D eigenvalue weighted by atomic mass is 16.3. The summed E-state index contributed by atoms with van der Waals surface area (Å²) in [5.74, 6) is -0.435. The van der Waals surface area contributed by atoms with Gasteiger partial charge in [-0.2, -0.15) is 0 Å². The lowest BCUT2D eigenvalue weighted by atomic mass is 10.1. The van der Waals surface area contributed by atoms with Gasteiger partial charge in [0, 0.05) is 24.1 Å². The Hall–Kier alpha value is -1.58. The monoisotopic (exact) mass is 167 g/mol. The molecule has 1 aromatic rings. The van der Waals surface area contributed by atoms with Crippen molar-refractivity contribution in [3.63, 3.8) is 0 Å². The van der Waals surface area contributed by atoms with Gasteiger partial charge in [-0.25, -0.2) is 0 Å². The second kappa shape index (κ2) is 3.21. The van der Waals surface area contributed by atoms with Crippen LogP contribution in [0.4, 0.5) is 0 Å². The van der Waals surface area contributed by atoms with Crippen LogP contribution in [0.25, 0.3) is 0 Å². The van der Waals surface area contributed by atoms with Crippen molar-refractivity contribution in [1.29, 1.82) is 0 Å². The quantitative estimate of drug-likeness (QED) is 0.636. The zero-order valence-corrected chi connectivity index (χ0v) is 6.63. The largest absolute Gasteiger partial charge is 0.494 e. The molecule has 1 heterocycles. The maximum Gasteiger partial charge on any atom is 0.251 e. The van der Waals surface area contributed by atoms with E-state index in [1.807, 2.05) is 0 Å². The lowest BCUT2D eigenvalue weighted by molar-refractivity contribution is 0.0987. The summed E-state index contributed by atoms with van der Waals surface area (Å²) in [4.78, 5) is 24.0. The molecule has 1 rings (SSSR count). The normalized spacial score (nSPS) is 9.75. The molecule has 0 fully saturated rings. The van der Waals surface area contributed by atoms with Crippen molar-refractivity contribution in [1.82, 2.24) is 4.98 Å². The van der Waals surface area contributed by atoms with Crippen molar-refractivity contribution < 1.29 is 9.90 Å². The van der Waals surface area contributed by atoms with Gasteiger partial charge in [-0.1, -0.05) is 6.92 Å². The van der Waals surface area contributed by atoms with Crippen LogP contribution in [-0.4, -0.2) is 15.9 Å². The second-order valence-electron chi connectivity index (χ2n) is 2.40. The number of H-pyrrole nitrogens is 1. The van der Waals surface area contributed by atoms with E-state index >= 15 is 0 Å². The molecular formula is C8H9NO3. The van der Waals surface area contributed by atoms with E-state index in [0.29, 0.717) is 6.42 Å². The first-order valence-electron chi connectivity index (χ1n) is 3.60. The predicted octanol–water partition coefficient (Wildman–Crippen LogP) is 0.673. The lowest BCUT2D eigenvalue weighted by Crippen LogP contribution is -2.08. The second-order valence-corrected chi connectivity index (χ2v) is 2.40. The summed E-state index contributed by atoms with van der Waals surface area (Å²) >= 11 is 0. The molecule has 2 N–H and O–H groups in total. The third kappa shape index (κ3) is 1.72. The van der Waals surface area contributed by atoms with Crippen LogP contribution in [0, 0.1) is 0 Å². The molecule has 0 amide bonds. The van der Waals surface area contributed by atoms with Gasteiger partial charge in [-0.05, 0) is 0 Å². The number of aromatic hydroxyl groups is 1. The Kier molecular flexibility index (Phi) is 2.28. The Morgan fingerprint density at radius 2 is 2.25 bits per heavy atom. The van der Waals surface area contributed by atoms with E-state index in [2.05, 4.69) is 4.98 Å². The number of pyridine rings is 1. The van der Waals surface area contributed by atoms with Gasteiger partial charge in [0.05, 0.1) is 0 Å². The lowest BCUT2D eigenvalue weighted by Gasteiger charge is -1.96. The molecule has 4 nitrogen and oxygen atoms in total. The van der Waals surface area contributed by atoms with Crippen LogP contribution in [0.15, 0.2) is 16.9 Å². The summed E-state index contributed by atoms with van der Waals surface area (Å²) in [7, 11) is 0. The average molecular weight is 167 g/mol. The number of aromatic nitrogens is 1. The summed E-state index contributed by atoms with van der Waals surface area (Å²) in [5.41, 5.74) is -0.217. The SMILES string of the molecule is CCC(=O)c1cc(O)[nH]c(=O)c1. The molecule has 0 aliphatic heterocycles. The van der Waals surface area contributed by atoms with Crippen molar-refractivity contribution in [2.75, 3.05) is 0 Å². The molecule has 0 aliphatic carbocycles. The van der Waals surface area contributed by atoms with Gasteiger partial charge < -0.3 is 5.11 Å². The predicted molar refractivity (Wildman–Crippen MR) is 43.3 cm³/mol. The van der Waals surface area contributed by atoms with Gasteiger partial charge in [-0.15, -0.1) is 0 Å². The highest BCUT2D eigenvalue weighted by Crippen LogP contribution is 2.06. The van der Waals surface area contributed by atoms with E-state index in [1.54, 1.807) is 6.92 Å². The smallest absolute Gasteiger partial charge is 0.251 e. The van der Waals surface area contributed by atoms with Crippen molar-refractivity contribution in [3.8, 4) is 5.88 Å². The van der Waals surface area contributed by atoms with Crippen LogP contribution in [0.5, 0.6) is 5.88 Å². The standard InChI is InChI=1S/C8H9NO3/c1-2-6(10)5-3-7(11)9-8(12)4-5/h3-4H,2H2,1H3,(H2,9,11,12). The Balaban J connectivity index is 3.17. The van der Waals surface area contributed by atoms with Gasteiger partial charge in [0.15, 0.2) is 11.7 Å². The number of aromatic amines is 1. The number of nitrogens with one attached hydrogen (secondary N) is 1. The van der Waals surface area contributed by atoms with Crippen LogP contribution in [0.2, 0.25) is 0 Å². The molecule has 4 heteroatoms. The first-order chi connectivity index (χ1) is 5.63. The van der Waals surface area contributed by atoms with Crippen molar-refractivity contribution in [3.05, 3.63) is 28.0 Å². The molecule has 0 saturated carbocycles. The molecule has 0 spiro atoms. The van der Waals surface area contributed by atoms with Crippen LogP contribution in [-0.2, 0) is 0 Å². The molecule has 64 valence electrons. The van der Waals surface area contributed by atoms with E-state index in [0.717, 1.165) is 0 Å². The van der Waals surface area contributed by atoms with Crippen molar-refractivity contribution in [2.24, 2.45) is 0 Å². The van der Waals surface area contributed by atoms with E-state index in [1.165, 1.54) is 12.1 Å². The maximum atomic E-state index is 11.1. The third-order valence-corrected chi connectivity index (χ3v) is 1.47. The molecule has 1 aromatic heterocycles. The van der Waals surface area contributed by atoms with E-state index in [4.69, 9.17) is 5.11 Å². The fourth-order valence-corrected chi connectivity index (χ4v) is 0.894. The Morgan fingerprint density at radius 3 is 2.75 bits per heavy atom. The molecule has 0 unspecified atom stereocenters. The van der Waals surface area contributed by atoms with Crippen LogP contribution >= 0.6 is 0 Å². The van der Waals surface area contributed by atoms with E-state index in [-0.39, 0.29) is 17.2 Å². The Morgan fingerprint density at radius 1 is 1.58 bits per heavy atom. The molecule has 12 heavy (non-hydrogen) atoms. The van der Waals surface area contributed by atoms with Crippen LogP contribution in [0.3, 0.4) is 0 Å². The Bertz CT molecular complexity index is 354. The number of carbonyl (C=O) groups excluding carboxylic acids is 1. The van der Waals surface area contributed by atoms with Gasteiger partial charge in [0.25, 0.3) is 5.56 Å². The molecule has 0 saturated heterocycles. The summed E-state index contributed by atoms with van der Waals surface area (Å²) < 4.78 is 0. The first kappa shape index (κ1) is 8.52. The van der Waals surface area contributed by atoms with Gasteiger partial charge >= 0.3 is 0 Å². The van der Waals surface area contributed by atoms with Gasteiger partial charge in [0.2, 0.25) is 0 Å². The van der Waals surface area contributed by atoms with E-state index < -0.39 is 5.56 Å². The van der Waals surface area contributed by atoms with E-state index in [9.17, 15) is 9.59 Å². The number of rotatable bonds is 2. The zero-order chi connectivity index (χ0) is 9.14. The minimum Gasteiger partial charge on any atom is -0.494 e. The number of hydrogen-bond acceptors (Lipinski definition) is 3. The minimum atomic E-state index is -0.466. The number of Topliss-reactive ketones (excluding diaryl/α,β-unsaturated/α-hetero) is 1.